The van der Waals surface area contributed by atoms with Crippen molar-refractivity contribution in [3.63, 3.8) is 0 Å². The lowest BCUT2D eigenvalue weighted by Crippen LogP contribution is -2.20. The lowest BCUT2D eigenvalue weighted by Gasteiger charge is -2.16. The quantitative estimate of drug-likeness (QED) is 0.656. The average Bonchev–Trinajstić information content (AvgIpc) is 2.93. The predicted octanol–water partition coefficient (Wildman–Crippen LogP) is 1.74. The Hall–Kier alpha value is -0.930. The highest BCUT2D eigenvalue weighted by atomic mass is 35.5. The van der Waals surface area contributed by atoms with E-state index in [1.807, 2.05) is 0 Å². The lowest BCUT2D eigenvalue weighted by atomic mass is 9.95. The Morgan fingerprint density at radius 2 is 2.00 bits per heavy atom. The molecule has 14 heavy (non-hydrogen) atoms. The van der Waals surface area contributed by atoms with Gasteiger partial charge in [0.05, 0.1) is 0 Å². The van der Waals surface area contributed by atoms with Crippen LogP contribution in [0.1, 0.15) is 18.4 Å². The molecular formula is C10H12ClNO2. The third-order valence-electron chi connectivity index (χ3n) is 2.88. The third kappa shape index (κ3) is 1.24. The number of halogens is 1. The maximum Gasteiger partial charge on any atom is 0.162 e. The summed E-state index contributed by atoms with van der Waals surface area (Å²) in [5.74, 6) is -0.260. The summed E-state index contributed by atoms with van der Waals surface area (Å²) < 4.78 is 0. The molecule has 76 valence electrons. The normalized spacial score (nSPS) is 18.1. The van der Waals surface area contributed by atoms with Gasteiger partial charge in [0.2, 0.25) is 0 Å². The minimum atomic E-state index is -0.208. The van der Waals surface area contributed by atoms with E-state index in [4.69, 9.17) is 17.3 Å². The van der Waals surface area contributed by atoms with Crippen molar-refractivity contribution in [1.82, 2.24) is 0 Å². The number of phenols is 2. The SMILES string of the molecule is NCC1(c2c(Cl)ccc(O)c2O)CC1. The third-order valence-corrected chi connectivity index (χ3v) is 3.20. The molecule has 1 fully saturated rings. The molecule has 0 aliphatic heterocycles. The molecule has 0 radical (unpaired) electrons. The fraction of sp³-hybridized carbons (Fsp3) is 0.400. The van der Waals surface area contributed by atoms with E-state index in [-0.39, 0.29) is 16.9 Å². The summed E-state index contributed by atoms with van der Waals surface area (Å²) in [4.78, 5) is 0. The molecule has 1 aliphatic rings. The van der Waals surface area contributed by atoms with Crippen molar-refractivity contribution in [2.45, 2.75) is 18.3 Å². The smallest absolute Gasteiger partial charge is 0.162 e. The van der Waals surface area contributed by atoms with Gasteiger partial charge in [-0.1, -0.05) is 11.6 Å². The van der Waals surface area contributed by atoms with Crippen LogP contribution in [0.3, 0.4) is 0 Å². The molecule has 3 nitrogen and oxygen atoms in total. The summed E-state index contributed by atoms with van der Waals surface area (Å²) in [5, 5.41) is 19.5. The number of nitrogens with two attached hydrogens (primary N) is 1. The van der Waals surface area contributed by atoms with Gasteiger partial charge < -0.3 is 15.9 Å². The van der Waals surface area contributed by atoms with Gasteiger partial charge in [-0.2, -0.15) is 0 Å². The largest absolute Gasteiger partial charge is 0.504 e. The van der Waals surface area contributed by atoms with Gasteiger partial charge in [-0.05, 0) is 25.0 Å². The van der Waals surface area contributed by atoms with E-state index in [0.29, 0.717) is 17.1 Å². The van der Waals surface area contributed by atoms with E-state index in [1.54, 1.807) is 6.07 Å². The zero-order chi connectivity index (χ0) is 10.3. The Bertz CT molecular complexity index is 375. The first-order chi connectivity index (χ1) is 6.60. The molecule has 0 amide bonds. The van der Waals surface area contributed by atoms with Crippen molar-refractivity contribution in [2.24, 2.45) is 5.73 Å². The number of phenolic OH excluding ortho intramolecular Hbond substituents is 2. The molecule has 2 rings (SSSR count). The first-order valence-corrected chi connectivity index (χ1v) is 4.89. The molecule has 1 aromatic rings. The highest BCUT2D eigenvalue weighted by molar-refractivity contribution is 6.31. The number of rotatable bonds is 2. The minimum absolute atomic E-state index is 0.125. The van der Waals surface area contributed by atoms with Crippen LogP contribution in [-0.4, -0.2) is 16.8 Å². The second-order valence-electron chi connectivity index (χ2n) is 3.77. The van der Waals surface area contributed by atoms with Crippen LogP contribution in [0.2, 0.25) is 5.02 Å². The average molecular weight is 214 g/mol. The highest BCUT2D eigenvalue weighted by Gasteiger charge is 2.46. The summed E-state index contributed by atoms with van der Waals surface area (Å²) in [6.45, 7) is 0.448. The van der Waals surface area contributed by atoms with Crippen LogP contribution in [-0.2, 0) is 5.41 Å². The molecule has 4 N–H and O–H groups in total. The maximum atomic E-state index is 9.70. The van der Waals surface area contributed by atoms with Gasteiger partial charge >= 0.3 is 0 Å². The van der Waals surface area contributed by atoms with Crippen LogP contribution in [0, 0.1) is 0 Å². The number of benzene rings is 1. The van der Waals surface area contributed by atoms with Gasteiger partial charge in [0.1, 0.15) is 0 Å². The van der Waals surface area contributed by atoms with Crippen LogP contribution in [0.15, 0.2) is 12.1 Å². The topological polar surface area (TPSA) is 66.5 Å². The second kappa shape index (κ2) is 3.04. The molecule has 1 aliphatic carbocycles. The zero-order valence-corrected chi connectivity index (χ0v) is 8.38. The molecular weight excluding hydrogens is 202 g/mol. The Morgan fingerprint density at radius 3 is 2.50 bits per heavy atom. The maximum absolute atomic E-state index is 9.70. The summed E-state index contributed by atoms with van der Waals surface area (Å²) in [6, 6.07) is 2.97. The number of hydrogen-bond donors (Lipinski definition) is 3. The molecule has 0 atom stereocenters. The first-order valence-electron chi connectivity index (χ1n) is 4.52. The first kappa shape index (κ1) is 9.62. The van der Waals surface area contributed by atoms with Crippen LogP contribution in [0.4, 0.5) is 0 Å². The summed E-state index contributed by atoms with van der Waals surface area (Å²) in [6.07, 6.45) is 1.83. The van der Waals surface area contributed by atoms with Gasteiger partial charge in [-0.3, -0.25) is 0 Å². The monoisotopic (exact) mass is 213 g/mol. The molecule has 1 aromatic carbocycles. The van der Waals surface area contributed by atoms with Crippen molar-refractivity contribution in [1.29, 1.82) is 0 Å². The Balaban J connectivity index is 2.57. The van der Waals surface area contributed by atoms with Gasteiger partial charge in [0, 0.05) is 22.5 Å². The van der Waals surface area contributed by atoms with Gasteiger partial charge in [-0.25, -0.2) is 0 Å². The van der Waals surface area contributed by atoms with Crippen LogP contribution >= 0.6 is 11.6 Å². The number of hydrogen-bond acceptors (Lipinski definition) is 3. The fourth-order valence-corrected chi connectivity index (χ4v) is 2.12. The lowest BCUT2D eigenvalue weighted by molar-refractivity contribution is 0.395. The zero-order valence-electron chi connectivity index (χ0n) is 7.63. The van der Waals surface area contributed by atoms with Crippen LogP contribution in [0.25, 0.3) is 0 Å². The molecule has 0 saturated heterocycles. The molecule has 0 heterocycles. The van der Waals surface area contributed by atoms with Crippen LogP contribution < -0.4 is 5.73 Å². The van der Waals surface area contributed by atoms with Crippen molar-refractivity contribution in [2.75, 3.05) is 6.54 Å². The van der Waals surface area contributed by atoms with Crippen molar-refractivity contribution in [3.05, 3.63) is 22.7 Å². The standard InChI is InChI=1S/C10H12ClNO2/c11-6-1-2-7(13)9(14)8(6)10(5-12)3-4-10/h1-2,13-14H,3-5,12H2. The van der Waals surface area contributed by atoms with E-state index in [0.717, 1.165) is 12.8 Å². The number of aromatic hydroxyl groups is 2. The van der Waals surface area contributed by atoms with Crippen LogP contribution in [0.5, 0.6) is 11.5 Å². The molecule has 4 heteroatoms. The van der Waals surface area contributed by atoms with E-state index in [1.165, 1.54) is 6.07 Å². The predicted molar refractivity (Wildman–Crippen MR) is 54.7 cm³/mol. The van der Waals surface area contributed by atoms with E-state index >= 15 is 0 Å². The van der Waals surface area contributed by atoms with E-state index in [2.05, 4.69) is 0 Å². The molecule has 0 aromatic heterocycles. The van der Waals surface area contributed by atoms with Crippen molar-refractivity contribution >= 4 is 11.6 Å². The minimum Gasteiger partial charge on any atom is -0.504 e. The summed E-state index contributed by atoms with van der Waals surface area (Å²) in [7, 11) is 0. The van der Waals surface area contributed by atoms with E-state index in [9.17, 15) is 10.2 Å². The van der Waals surface area contributed by atoms with Gasteiger partial charge in [-0.15, -0.1) is 0 Å². The highest BCUT2D eigenvalue weighted by Crippen LogP contribution is 2.54. The Labute approximate surface area is 87.1 Å². The van der Waals surface area contributed by atoms with E-state index < -0.39 is 0 Å². The van der Waals surface area contributed by atoms with Crippen molar-refractivity contribution < 1.29 is 10.2 Å². The molecule has 0 bridgehead atoms. The summed E-state index contributed by atoms with van der Waals surface area (Å²) in [5.41, 5.74) is 6.03. The molecule has 1 saturated carbocycles. The molecule has 0 spiro atoms. The van der Waals surface area contributed by atoms with Gasteiger partial charge in [0.25, 0.3) is 0 Å². The summed E-state index contributed by atoms with van der Waals surface area (Å²) >= 11 is 5.98. The van der Waals surface area contributed by atoms with Gasteiger partial charge in [0.15, 0.2) is 11.5 Å². The van der Waals surface area contributed by atoms with Crippen molar-refractivity contribution in [3.8, 4) is 11.5 Å². The fourth-order valence-electron chi connectivity index (χ4n) is 1.77. The Kier molecular flexibility index (Phi) is 2.09. The molecule has 0 unspecified atom stereocenters. The Morgan fingerprint density at radius 1 is 1.36 bits per heavy atom. The second-order valence-corrected chi connectivity index (χ2v) is 4.18.